The number of nitrogens with zero attached hydrogens (tertiary/aromatic N) is 1. The van der Waals surface area contributed by atoms with Crippen LogP contribution in [0, 0.1) is 11.3 Å². The van der Waals surface area contributed by atoms with Crippen molar-refractivity contribution in [3.63, 3.8) is 0 Å². The molecule has 3 saturated carbocycles. The molecule has 142 valence electrons. The Hall–Kier alpha value is -1.59. The highest BCUT2D eigenvalue weighted by molar-refractivity contribution is 5.90. The number of benzene rings is 1. The highest BCUT2D eigenvalue weighted by Crippen LogP contribution is 2.76. The van der Waals surface area contributed by atoms with E-state index < -0.39 is 17.1 Å². The molecule has 1 aromatic carbocycles. The van der Waals surface area contributed by atoms with Gasteiger partial charge < -0.3 is 19.4 Å². The largest absolute Gasteiger partial charge is 0.504 e. The normalized spacial score (nSPS) is 50.7. The number of quaternary nitrogens is 1. The Labute approximate surface area is 158 Å². The minimum absolute atomic E-state index is 0.0657. The highest BCUT2D eigenvalue weighted by atomic mass is 16.5. The fraction of sp³-hybridized carbons (Fsp3) is 0.682. The summed E-state index contributed by atoms with van der Waals surface area (Å²) >= 11 is 0. The quantitative estimate of drug-likeness (QED) is 0.780. The lowest BCUT2D eigenvalue weighted by atomic mass is 9.57. The molecule has 2 N–H and O–H groups in total. The van der Waals surface area contributed by atoms with Crippen molar-refractivity contribution in [2.75, 3.05) is 20.1 Å². The van der Waals surface area contributed by atoms with Crippen molar-refractivity contribution in [3.8, 4) is 11.5 Å². The van der Waals surface area contributed by atoms with E-state index in [9.17, 15) is 15.0 Å². The summed E-state index contributed by atoms with van der Waals surface area (Å²) in [5, 5.41) is 22.8. The maximum atomic E-state index is 12.9. The number of phenolic OH excluding ortho intramolecular Hbond substituents is 1. The van der Waals surface area contributed by atoms with Crippen molar-refractivity contribution >= 4 is 5.78 Å². The SMILES string of the molecule is C[N+]1(CC2CC2)CC23Cc4ccc(O)c5c4C4(C2)C(O5)C(=O)CCC4(O)C31. The summed E-state index contributed by atoms with van der Waals surface area (Å²) in [7, 11) is 2.33. The molecule has 6 atom stereocenters. The van der Waals surface area contributed by atoms with Gasteiger partial charge in [-0.05, 0) is 43.7 Å². The molecular formula is C22H26NO4+. The predicted molar refractivity (Wildman–Crippen MR) is 96.6 cm³/mol. The number of likely N-dealkylation sites (N-methyl/N-ethyl adjacent to an activating group) is 1. The Balaban J connectivity index is 1.50. The predicted octanol–water partition coefficient (Wildman–Crippen LogP) is 1.67. The van der Waals surface area contributed by atoms with Gasteiger partial charge in [0.1, 0.15) is 11.6 Å². The molecule has 4 fully saturated rings. The number of ether oxygens (including phenoxy) is 1. The molecule has 2 heterocycles. The van der Waals surface area contributed by atoms with Crippen LogP contribution in [0.25, 0.3) is 0 Å². The van der Waals surface area contributed by atoms with Crippen molar-refractivity contribution in [1.82, 2.24) is 0 Å². The monoisotopic (exact) mass is 368 g/mol. The summed E-state index contributed by atoms with van der Waals surface area (Å²) in [6.45, 7) is 2.24. The van der Waals surface area contributed by atoms with Crippen LogP contribution in [0.4, 0.5) is 0 Å². The second-order valence-corrected chi connectivity index (χ2v) is 10.7. The minimum atomic E-state index is -0.919. The van der Waals surface area contributed by atoms with Crippen LogP contribution in [-0.2, 0) is 16.6 Å². The molecule has 6 unspecified atom stereocenters. The number of carbonyl (C=O) groups is 1. The molecule has 6 aliphatic rings. The topological polar surface area (TPSA) is 66.8 Å². The third kappa shape index (κ3) is 1.40. The van der Waals surface area contributed by atoms with Gasteiger partial charge in [-0.1, -0.05) is 6.07 Å². The first-order valence-electron chi connectivity index (χ1n) is 10.4. The second kappa shape index (κ2) is 4.06. The van der Waals surface area contributed by atoms with Crippen LogP contribution in [0.5, 0.6) is 11.5 Å². The van der Waals surface area contributed by atoms with E-state index in [1.807, 2.05) is 6.07 Å². The molecule has 4 aliphatic carbocycles. The molecular weight excluding hydrogens is 342 g/mol. The van der Waals surface area contributed by atoms with Crippen molar-refractivity contribution in [3.05, 3.63) is 23.3 Å². The van der Waals surface area contributed by atoms with Crippen LogP contribution in [-0.4, -0.2) is 58.4 Å². The van der Waals surface area contributed by atoms with Crippen molar-refractivity contribution in [2.45, 2.75) is 61.7 Å². The van der Waals surface area contributed by atoms with Gasteiger partial charge in [0.2, 0.25) is 0 Å². The maximum Gasteiger partial charge on any atom is 0.174 e. The molecule has 1 aromatic rings. The van der Waals surface area contributed by atoms with Gasteiger partial charge in [-0.25, -0.2) is 0 Å². The molecule has 0 amide bonds. The molecule has 0 aromatic heterocycles. The average Bonchev–Trinajstić information content (AvgIpc) is 3.29. The van der Waals surface area contributed by atoms with Crippen LogP contribution >= 0.6 is 0 Å². The zero-order valence-electron chi connectivity index (χ0n) is 15.7. The van der Waals surface area contributed by atoms with Crippen LogP contribution in [0.2, 0.25) is 0 Å². The smallest absolute Gasteiger partial charge is 0.174 e. The average molecular weight is 368 g/mol. The molecule has 27 heavy (non-hydrogen) atoms. The van der Waals surface area contributed by atoms with Crippen molar-refractivity contribution in [2.24, 2.45) is 11.3 Å². The Bertz CT molecular complexity index is 940. The molecule has 2 aliphatic heterocycles. The first-order chi connectivity index (χ1) is 12.8. The number of Topliss-reactive ketones (excluding diaryl/α,β-unsaturated/α-hetero) is 1. The van der Waals surface area contributed by atoms with E-state index in [0.29, 0.717) is 18.6 Å². The number of carbonyl (C=O) groups excluding carboxylic acids is 1. The molecule has 0 radical (unpaired) electrons. The lowest BCUT2D eigenvalue weighted by Gasteiger charge is -2.62. The van der Waals surface area contributed by atoms with E-state index in [1.54, 1.807) is 6.07 Å². The first kappa shape index (κ1) is 15.3. The van der Waals surface area contributed by atoms with E-state index in [0.717, 1.165) is 41.9 Å². The summed E-state index contributed by atoms with van der Waals surface area (Å²) in [5.41, 5.74) is 0.633. The van der Waals surface area contributed by atoms with E-state index in [2.05, 4.69) is 7.05 Å². The molecule has 1 saturated heterocycles. The number of aromatic hydroxyl groups is 1. The number of hydrogen-bond donors (Lipinski definition) is 2. The van der Waals surface area contributed by atoms with E-state index >= 15 is 0 Å². The van der Waals surface area contributed by atoms with Gasteiger partial charge in [0, 0.05) is 17.9 Å². The van der Waals surface area contributed by atoms with Gasteiger partial charge in [0.25, 0.3) is 0 Å². The Morgan fingerprint density at radius 3 is 2.93 bits per heavy atom. The lowest BCUT2D eigenvalue weighted by molar-refractivity contribution is -0.999. The summed E-state index contributed by atoms with van der Waals surface area (Å²) in [5.74, 6) is 1.48. The van der Waals surface area contributed by atoms with Crippen LogP contribution < -0.4 is 4.74 Å². The molecule has 5 heteroatoms. The van der Waals surface area contributed by atoms with Crippen molar-refractivity contribution < 1.29 is 24.2 Å². The number of hydrogen-bond acceptors (Lipinski definition) is 4. The molecule has 2 spiro atoms. The third-order valence-electron chi connectivity index (χ3n) is 9.05. The van der Waals surface area contributed by atoms with Crippen LogP contribution in [0.1, 0.15) is 43.2 Å². The van der Waals surface area contributed by atoms with Gasteiger partial charge in [-0.3, -0.25) is 4.79 Å². The summed E-state index contributed by atoms with van der Waals surface area (Å²) in [6.07, 6.45) is 4.69. The zero-order chi connectivity index (χ0) is 18.4. The summed E-state index contributed by atoms with van der Waals surface area (Å²) in [4.78, 5) is 12.9. The van der Waals surface area contributed by atoms with Crippen LogP contribution in [0.3, 0.4) is 0 Å². The number of ketones is 1. The number of aliphatic hydroxyl groups is 1. The number of fused-ring (bicyclic) bond motifs is 1. The number of likely N-dealkylation sites (tertiary alicyclic amines) is 1. The minimum Gasteiger partial charge on any atom is -0.504 e. The number of phenols is 1. The zero-order valence-corrected chi connectivity index (χ0v) is 15.7. The standard InChI is InChI=1S/C22H25NO4/c1-23(9-12-2-3-12)11-20-8-13-4-5-14(24)17-16(13)21(10-20)18(27-17)15(25)6-7-22(21,26)19(20)23/h4-5,12,18-19,26H,2-3,6-11H2,1H3/p+1. The Kier molecular flexibility index (Phi) is 2.31. The fourth-order valence-electron chi connectivity index (χ4n) is 8.71. The molecule has 2 bridgehead atoms. The van der Waals surface area contributed by atoms with Gasteiger partial charge in [0.15, 0.2) is 23.4 Å². The van der Waals surface area contributed by atoms with Gasteiger partial charge in [-0.15, -0.1) is 0 Å². The third-order valence-corrected chi connectivity index (χ3v) is 9.05. The van der Waals surface area contributed by atoms with E-state index in [-0.39, 0.29) is 23.0 Å². The lowest BCUT2D eigenvalue weighted by Crippen LogP contribution is -2.80. The fourth-order valence-corrected chi connectivity index (χ4v) is 8.71. The highest BCUT2D eigenvalue weighted by Gasteiger charge is 2.88. The van der Waals surface area contributed by atoms with E-state index in [1.165, 1.54) is 18.4 Å². The summed E-state index contributed by atoms with van der Waals surface area (Å²) in [6, 6.07) is 3.89. The maximum absolute atomic E-state index is 12.9. The van der Waals surface area contributed by atoms with E-state index in [4.69, 9.17) is 4.74 Å². The first-order valence-corrected chi connectivity index (χ1v) is 10.4. The van der Waals surface area contributed by atoms with Gasteiger partial charge in [0.05, 0.1) is 31.0 Å². The Morgan fingerprint density at radius 1 is 1.33 bits per heavy atom. The molecule has 5 nitrogen and oxygen atoms in total. The molecule has 7 rings (SSSR count). The summed E-state index contributed by atoms with van der Waals surface area (Å²) < 4.78 is 7.09. The van der Waals surface area contributed by atoms with Crippen molar-refractivity contribution in [1.29, 1.82) is 0 Å². The Morgan fingerprint density at radius 2 is 2.15 bits per heavy atom. The number of rotatable bonds is 2. The second-order valence-electron chi connectivity index (χ2n) is 10.7. The van der Waals surface area contributed by atoms with Crippen LogP contribution in [0.15, 0.2) is 12.1 Å². The van der Waals surface area contributed by atoms with Gasteiger partial charge in [-0.2, -0.15) is 0 Å². The van der Waals surface area contributed by atoms with Gasteiger partial charge >= 0.3 is 0 Å².